The molecule has 8 heteroatoms. The van der Waals surface area contributed by atoms with Crippen LogP contribution in [0, 0.1) is 15.9 Å². The smallest absolute Gasteiger partial charge is 0.258 e. The predicted octanol–water partition coefficient (Wildman–Crippen LogP) is 2.68. The van der Waals surface area contributed by atoms with Crippen molar-refractivity contribution in [3.05, 3.63) is 33.1 Å². The first-order valence-electron chi connectivity index (χ1n) is 4.26. The lowest BCUT2D eigenvalue weighted by atomic mass is 10.3. The molecule has 1 rings (SSSR count). The van der Waals surface area contributed by atoms with Gasteiger partial charge < -0.3 is 0 Å². The van der Waals surface area contributed by atoms with Crippen LogP contribution in [-0.4, -0.2) is 22.7 Å². The van der Waals surface area contributed by atoms with Crippen LogP contribution in [0.4, 0.5) is 15.8 Å². The number of halogens is 2. The maximum Gasteiger partial charge on any atom is 0.290 e. The first kappa shape index (κ1) is 13.6. The summed E-state index contributed by atoms with van der Waals surface area (Å²) in [5, 5.41) is 11.9. The fourth-order valence-corrected chi connectivity index (χ4v) is 1.99. The van der Waals surface area contributed by atoms with Gasteiger partial charge in [0.1, 0.15) is 10.7 Å². The van der Waals surface area contributed by atoms with Crippen LogP contribution in [0.2, 0.25) is 5.02 Å². The van der Waals surface area contributed by atoms with E-state index < -0.39 is 30.9 Å². The van der Waals surface area contributed by atoms with E-state index in [1.54, 1.807) is 5.23 Å². The third-order valence-corrected chi connectivity index (χ3v) is 3.19. The molecule has 0 amide bonds. The molecule has 0 fully saturated rings. The molecule has 0 unspecified atom stereocenters. The third kappa shape index (κ3) is 3.03. The molecule has 0 saturated carbocycles. The van der Waals surface area contributed by atoms with Gasteiger partial charge in [0.05, 0.1) is 4.92 Å². The second-order valence-corrected chi connectivity index (χ2v) is 6.71. The molecule has 5 nitrogen and oxygen atoms in total. The molecule has 92 valence electrons. The van der Waals surface area contributed by atoms with Crippen molar-refractivity contribution in [1.82, 2.24) is 0 Å². The zero-order valence-electron chi connectivity index (χ0n) is 8.94. The van der Waals surface area contributed by atoms with E-state index in [9.17, 15) is 19.3 Å². The van der Waals surface area contributed by atoms with Crippen LogP contribution in [-0.2, 0) is 14.2 Å². The van der Waals surface area contributed by atoms with Crippen LogP contribution in [0.25, 0.3) is 0 Å². The highest BCUT2D eigenvalue weighted by atomic mass is 35.5. The van der Waals surface area contributed by atoms with Crippen molar-refractivity contribution in [2.24, 2.45) is 4.36 Å². The van der Waals surface area contributed by atoms with Crippen molar-refractivity contribution in [1.29, 1.82) is 0 Å². The summed E-state index contributed by atoms with van der Waals surface area (Å²) in [7, 11) is -2.19. The van der Waals surface area contributed by atoms with E-state index in [-0.39, 0.29) is 5.69 Å². The second kappa shape index (κ2) is 4.83. The molecule has 0 heterocycles. The van der Waals surface area contributed by atoms with E-state index in [4.69, 9.17) is 11.6 Å². The van der Waals surface area contributed by atoms with Crippen LogP contribution < -0.4 is 0 Å². The summed E-state index contributed by atoms with van der Waals surface area (Å²) < 4.78 is 17.2. The Morgan fingerprint density at radius 2 is 2.12 bits per heavy atom. The average molecular weight is 279 g/mol. The Labute approximate surface area is 102 Å². The number of nitro groups is 1. The summed E-state index contributed by atoms with van der Waals surface area (Å²) in [4.78, 5) is 20.5. The lowest BCUT2D eigenvalue weighted by Crippen LogP contribution is -1.95. The third-order valence-electron chi connectivity index (χ3n) is 1.77. The van der Waals surface area contributed by atoms with Gasteiger partial charge in [0, 0.05) is 6.07 Å². The Morgan fingerprint density at radius 3 is 2.59 bits per heavy atom. The van der Waals surface area contributed by atoms with Gasteiger partial charge in [-0.1, -0.05) is 21.0 Å². The molecule has 0 spiro atoms. The zero-order valence-corrected chi connectivity index (χ0v) is 10.5. The number of benzene rings is 1. The topological polar surface area (TPSA) is 72.6 Å². The molecule has 0 radical (unpaired) electrons. The highest BCUT2D eigenvalue weighted by Crippen LogP contribution is 2.36. The van der Waals surface area contributed by atoms with E-state index in [1.807, 2.05) is 0 Å². The molecule has 1 aromatic carbocycles. The van der Waals surface area contributed by atoms with Gasteiger partial charge in [0.15, 0.2) is 11.1 Å². The van der Waals surface area contributed by atoms with Crippen molar-refractivity contribution >= 4 is 37.6 Å². The van der Waals surface area contributed by atoms with E-state index in [1.165, 1.54) is 12.5 Å². The van der Waals surface area contributed by atoms with E-state index in [0.29, 0.717) is 0 Å². The molecule has 0 aliphatic carbocycles. The minimum atomic E-state index is -2.19. The van der Waals surface area contributed by atoms with Gasteiger partial charge in [-0.15, -0.1) is 0 Å². The maximum atomic E-state index is 13.4. The molecule has 17 heavy (non-hydrogen) atoms. The number of carbonyl (C=O) groups excluding carboxylic acids is 1. The quantitative estimate of drug-likeness (QED) is 0.474. The van der Waals surface area contributed by atoms with Crippen molar-refractivity contribution in [3.63, 3.8) is 0 Å². The SMILES string of the molecule is CS(C)(=C=O)=Nc1c(F)ccc([N+](=O)[O-])c1Cl. The minimum Gasteiger partial charge on any atom is -0.258 e. The highest BCUT2D eigenvalue weighted by Gasteiger charge is 2.19. The van der Waals surface area contributed by atoms with Gasteiger partial charge in [0.2, 0.25) is 0 Å². The Kier molecular flexibility index (Phi) is 3.87. The molecular formula is C9H8ClFN2O3S. The molecule has 0 aromatic heterocycles. The van der Waals surface area contributed by atoms with E-state index in [0.717, 1.165) is 12.1 Å². The van der Waals surface area contributed by atoms with Crippen LogP contribution >= 0.6 is 11.6 Å². The van der Waals surface area contributed by atoms with Crippen LogP contribution in [0.3, 0.4) is 0 Å². The molecule has 0 atom stereocenters. The lowest BCUT2D eigenvalue weighted by Gasteiger charge is -2.03. The molecule has 1 aromatic rings. The summed E-state index contributed by atoms with van der Waals surface area (Å²) in [5.74, 6) is -0.809. The first-order valence-corrected chi connectivity index (χ1v) is 7.04. The predicted molar refractivity (Wildman–Crippen MR) is 65.1 cm³/mol. The maximum absolute atomic E-state index is 13.4. The van der Waals surface area contributed by atoms with Gasteiger partial charge >= 0.3 is 0 Å². The van der Waals surface area contributed by atoms with Crippen molar-refractivity contribution in [2.45, 2.75) is 0 Å². The standard InChI is InChI=1S/C9H8ClFN2O3S/c1-17(2,5-14)12-9-6(11)3-4-7(8(9)10)13(15)16/h3-4H,1-2H3. The lowest BCUT2D eigenvalue weighted by molar-refractivity contribution is -0.384. The highest BCUT2D eigenvalue weighted by molar-refractivity contribution is 8.01. The first-order chi connectivity index (χ1) is 7.78. The molecule has 0 bridgehead atoms. The van der Waals surface area contributed by atoms with Crippen LogP contribution in [0.1, 0.15) is 0 Å². The Bertz CT molecular complexity index is 623. The van der Waals surface area contributed by atoms with Crippen LogP contribution in [0.5, 0.6) is 0 Å². The van der Waals surface area contributed by atoms with Gasteiger partial charge in [-0.3, -0.25) is 10.1 Å². The Hall–Kier alpha value is -1.43. The number of rotatable bonds is 2. The van der Waals surface area contributed by atoms with Crippen molar-refractivity contribution < 1.29 is 14.1 Å². The fourth-order valence-electron chi connectivity index (χ4n) is 1.00. The van der Waals surface area contributed by atoms with Gasteiger partial charge in [-0.2, -0.15) is 0 Å². The summed E-state index contributed by atoms with van der Waals surface area (Å²) in [6.45, 7) is 0. The van der Waals surface area contributed by atoms with Crippen LogP contribution in [0.15, 0.2) is 16.5 Å². The monoisotopic (exact) mass is 278 g/mol. The van der Waals surface area contributed by atoms with Crippen molar-refractivity contribution in [3.8, 4) is 0 Å². The Morgan fingerprint density at radius 1 is 1.53 bits per heavy atom. The zero-order chi connectivity index (χ0) is 13.2. The van der Waals surface area contributed by atoms with Gasteiger partial charge in [-0.25, -0.2) is 13.5 Å². The second-order valence-electron chi connectivity index (χ2n) is 3.43. The Balaban J connectivity index is 3.67. The number of nitrogens with zero attached hydrogens (tertiary/aromatic N) is 2. The number of hydrogen-bond acceptors (Lipinski definition) is 4. The van der Waals surface area contributed by atoms with Crippen molar-refractivity contribution in [2.75, 3.05) is 12.5 Å². The average Bonchev–Trinajstić information content (AvgIpc) is 2.23. The minimum absolute atomic E-state index is 0.371. The number of hydrogen-bond donors (Lipinski definition) is 0. The van der Waals surface area contributed by atoms with Gasteiger partial charge in [-0.05, 0) is 18.6 Å². The molecule has 0 aliphatic heterocycles. The van der Waals surface area contributed by atoms with E-state index in [2.05, 4.69) is 4.36 Å². The largest absolute Gasteiger partial charge is 0.290 e. The summed E-state index contributed by atoms with van der Waals surface area (Å²) >= 11 is 5.68. The normalized spacial score (nSPS) is 10.8. The number of nitro benzene ring substituents is 1. The molecule has 0 saturated heterocycles. The summed E-state index contributed by atoms with van der Waals surface area (Å²) in [5.41, 5.74) is -0.822. The summed E-state index contributed by atoms with van der Waals surface area (Å²) in [6, 6.07) is 1.84. The summed E-state index contributed by atoms with van der Waals surface area (Å²) in [6.07, 6.45) is 2.93. The van der Waals surface area contributed by atoms with E-state index >= 15 is 0 Å². The molecular weight excluding hydrogens is 271 g/mol. The van der Waals surface area contributed by atoms with Gasteiger partial charge in [0.25, 0.3) is 5.69 Å². The molecule has 0 aliphatic rings. The fraction of sp³-hybridized carbons (Fsp3) is 0.222. The molecule has 0 N–H and O–H groups in total.